The molecule has 0 atom stereocenters. The standard InChI is InChI=1S/C22H19N3O3/c26-19-18(25-20(27)22(24-21(25)28)12-6-7-13-22)17(14-8-2-1-3-9-14)15-10-4-5-11-16(15)23-19/h1-5,8-11H,6-7,12-13H2,(H,23,26)(H,24,28). The fourth-order valence-electron chi connectivity index (χ4n) is 4.48. The number of pyridine rings is 1. The number of anilines is 1. The molecule has 0 radical (unpaired) electrons. The highest BCUT2D eigenvalue weighted by atomic mass is 16.2. The van der Waals surface area contributed by atoms with Crippen LogP contribution in [0.4, 0.5) is 10.5 Å². The van der Waals surface area contributed by atoms with Gasteiger partial charge in [-0.1, -0.05) is 61.4 Å². The number of benzene rings is 2. The molecule has 28 heavy (non-hydrogen) atoms. The molecular weight excluding hydrogens is 354 g/mol. The minimum Gasteiger partial charge on any atom is -0.323 e. The van der Waals surface area contributed by atoms with Crippen LogP contribution in [0.1, 0.15) is 25.7 Å². The topological polar surface area (TPSA) is 82.3 Å². The molecule has 1 saturated carbocycles. The van der Waals surface area contributed by atoms with Crippen LogP contribution in [0.2, 0.25) is 0 Å². The van der Waals surface area contributed by atoms with Crippen LogP contribution in [-0.2, 0) is 4.79 Å². The fraction of sp³-hybridized carbons (Fsp3) is 0.227. The van der Waals surface area contributed by atoms with E-state index in [2.05, 4.69) is 10.3 Å². The van der Waals surface area contributed by atoms with E-state index in [4.69, 9.17) is 0 Å². The van der Waals surface area contributed by atoms with E-state index >= 15 is 0 Å². The molecule has 2 heterocycles. The lowest BCUT2D eigenvalue weighted by Crippen LogP contribution is -2.44. The number of hydrogen-bond donors (Lipinski definition) is 2. The minimum atomic E-state index is -0.872. The molecule has 2 fully saturated rings. The summed E-state index contributed by atoms with van der Waals surface area (Å²) in [6, 6.07) is 16.3. The van der Waals surface area contributed by atoms with Gasteiger partial charge in [0.2, 0.25) is 0 Å². The number of aromatic amines is 1. The summed E-state index contributed by atoms with van der Waals surface area (Å²) in [5, 5.41) is 3.65. The lowest BCUT2D eigenvalue weighted by atomic mass is 9.96. The SMILES string of the molecule is O=C1NC2(CCCC2)C(=O)N1c1c(-c2ccccc2)c2ccccc2[nH]c1=O. The Morgan fingerprint density at radius 3 is 2.29 bits per heavy atom. The van der Waals surface area contributed by atoms with Gasteiger partial charge in [0.15, 0.2) is 0 Å². The van der Waals surface area contributed by atoms with Crippen molar-refractivity contribution in [3.8, 4) is 11.1 Å². The summed E-state index contributed by atoms with van der Waals surface area (Å²) in [5.41, 5.74) is 0.819. The second kappa shape index (κ2) is 6.05. The van der Waals surface area contributed by atoms with Gasteiger partial charge in [-0.3, -0.25) is 9.59 Å². The van der Waals surface area contributed by atoms with Crippen LogP contribution in [0.3, 0.4) is 0 Å². The first-order valence-corrected chi connectivity index (χ1v) is 9.48. The van der Waals surface area contributed by atoms with E-state index in [1.807, 2.05) is 54.6 Å². The first-order chi connectivity index (χ1) is 13.6. The van der Waals surface area contributed by atoms with Gasteiger partial charge in [-0.2, -0.15) is 0 Å². The number of carbonyl (C=O) groups excluding carboxylic acids is 2. The first kappa shape index (κ1) is 16.7. The molecule has 3 amide bonds. The smallest absolute Gasteiger partial charge is 0.323 e. The molecule has 1 aromatic heterocycles. The Balaban J connectivity index is 1.81. The number of para-hydroxylation sites is 1. The van der Waals surface area contributed by atoms with Crippen molar-refractivity contribution in [3.63, 3.8) is 0 Å². The van der Waals surface area contributed by atoms with Crippen LogP contribution in [-0.4, -0.2) is 22.5 Å². The quantitative estimate of drug-likeness (QED) is 0.674. The van der Waals surface area contributed by atoms with E-state index in [0.29, 0.717) is 23.9 Å². The lowest BCUT2D eigenvalue weighted by Gasteiger charge is -2.21. The maximum atomic E-state index is 13.3. The molecule has 2 N–H and O–H groups in total. The van der Waals surface area contributed by atoms with Gasteiger partial charge in [0.1, 0.15) is 11.2 Å². The molecule has 0 unspecified atom stereocenters. The molecule has 3 aromatic rings. The highest BCUT2D eigenvalue weighted by Gasteiger charge is 2.54. The van der Waals surface area contributed by atoms with Crippen molar-refractivity contribution in [2.24, 2.45) is 0 Å². The number of amides is 3. The summed E-state index contributed by atoms with van der Waals surface area (Å²) in [4.78, 5) is 43.1. The van der Waals surface area contributed by atoms with Crippen LogP contribution < -0.4 is 15.8 Å². The molecule has 140 valence electrons. The number of urea groups is 1. The highest BCUT2D eigenvalue weighted by molar-refractivity contribution is 6.25. The van der Waals surface area contributed by atoms with Crippen molar-refractivity contribution >= 4 is 28.5 Å². The number of aromatic nitrogens is 1. The molecule has 6 heteroatoms. The molecular formula is C22H19N3O3. The molecule has 0 bridgehead atoms. The van der Waals surface area contributed by atoms with E-state index in [-0.39, 0.29) is 11.6 Å². The normalized spacial score (nSPS) is 18.2. The number of carbonyl (C=O) groups is 2. The van der Waals surface area contributed by atoms with Crippen molar-refractivity contribution in [2.75, 3.05) is 4.90 Å². The monoisotopic (exact) mass is 373 g/mol. The number of nitrogens with one attached hydrogen (secondary N) is 2. The summed E-state index contributed by atoms with van der Waals surface area (Å²) < 4.78 is 0. The van der Waals surface area contributed by atoms with E-state index in [1.54, 1.807) is 0 Å². The van der Waals surface area contributed by atoms with Crippen molar-refractivity contribution < 1.29 is 9.59 Å². The molecule has 1 saturated heterocycles. The van der Waals surface area contributed by atoms with Gasteiger partial charge >= 0.3 is 6.03 Å². The average Bonchev–Trinajstić information content (AvgIpc) is 3.27. The Hall–Kier alpha value is -3.41. The van der Waals surface area contributed by atoms with Gasteiger partial charge in [-0.25, -0.2) is 9.69 Å². The number of hydrogen-bond acceptors (Lipinski definition) is 3. The summed E-state index contributed by atoms with van der Waals surface area (Å²) in [6.45, 7) is 0. The zero-order valence-electron chi connectivity index (χ0n) is 15.2. The predicted molar refractivity (Wildman–Crippen MR) is 107 cm³/mol. The summed E-state index contributed by atoms with van der Waals surface area (Å²) in [6.07, 6.45) is 3.00. The first-order valence-electron chi connectivity index (χ1n) is 9.48. The van der Waals surface area contributed by atoms with Crippen LogP contribution in [0, 0.1) is 0 Å². The van der Waals surface area contributed by atoms with Gasteiger partial charge in [-0.15, -0.1) is 0 Å². The summed E-state index contributed by atoms with van der Waals surface area (Å²) in [7, 11) is 0. The third-order valence-corrected chi connectivity index (χ3v) is 5.80. The van der Waals surface area contributed by atoms with Crippen molar-refractivity contribution in [1.29, 1.82) is 0 Å². The van der Waals surface area contributed by atoms with E-state index < -0.39 is 17.1 Å². The van der Waals surface area contributed by atoms with Crippen LogP contribution >= 0.6 is 0 Å². The third-order valence-electron chi connectivity index (χ3n) is 5.80. The molecule has 6 nitrogen and oxygen atoms in total. The van der Waals surface area contributed by atoms with Crippen LogP contribution in [0.15, 0.2) is 59.4 Å². The second-order valence-electron chi connectivity index (χ2n) is 7.45. The van der Waals surface area contributed by atoms with Gasteiger partial charge in [0.25, 0.3) is 11.5 Å². The lowest BCUT2D eigenvalue weighted by molar-refractivity contribution is -0.121. The highest BCUT2D eigenvalue weighted by Crippen LogP contribution is 2.40. The molecule has 1 spiro atoms. The number of rotatable bonds is 2. The van der Waals surface area contributed by atoms with Crippen molar-refractivity contribution in [3.05, 3.63) is 65.0 Å². The van der Waals surface area contributed by atoms with Gasteiger partial charge < -0.3 is 10.3 Å². The Kier molecular flexibility index (Phi) is 3.62. The van der Waals surface area contributed by atoms with Crippen LogP contribution in [0.25, 0.3) is 22.0 Å². The number of imide groups is 1. The van der Waals surface area contributed by atoms with E-state index in [9.17, 15) is 14.4 Å². The zero-order valence-corrected chi connectivity index (χ0v) is 15.2. The Morgan fingerprint density at radius 1 is 0.857 bits per heavy atom. The van der Waals surface area contributed by atoms with E-state index in [0.717, 1.165) is 28.7 Å². The summed E-state index contributed by atoms with van der Waals surface area (Å²) in [5.74, 6) is -0.326. The van der Waals surface area contributed by atoms with Gasteiger partial charge in [-0.05, 0) is 24.5 Å². The molecule has 2 aliphatic rings. The van der Waals surface area contributed by atoms with E-state index in [1.165, 1.54) is 0 Å². The predicted octanol–water partition coefficient (Wildman–Crippen LogP) is 3.56. The minimum absolute atomic E-state index is 0.0937. The maximum absolute atomic E-state index is 13.3. The molecule has 1 aliphatic heterocycles. The Morgan fingerprint density at radius 2 is 1.54 bits per heavy atom. The van der Waals surface area contributed by atoms with Crippen LogP contribution in [0.5, 0.6) is 0 Å². The number of H-pyrrole nitrogens is 1. The zero-order chi connectivity index (χ0) is 19.3. The molecule has 2 aromatic carbocycles. The molecule has 1 aliphatic carbocycles. The fourth-order valence-corrected chi connectivity index (χ4v) is 4.48. The van der Waals surface area contributed by atoms with Crippen molar-refractivity contribution in [2.45, 2.75) is 31.2 Å². The molecule has 5 rings (SSSR count). The number of fused-ring (bicyclic) bond motifs is 1. The van der Waals surface area contributed by atoms with Gasteiger partial charge in [0, 0.05) is 16.5 Å². The second-order valence-corrected chi connectivity index (χ2v) is 7.45. The van der Waals surface area contributed by atoms with Crippen molar-refractivity contribution in [1.82, 2.24) is 10.3 Å². The average molecular weight is 373 g/mol. The Labute approximate surface area is 161 Å². The largest absolute Gasteiger partial charge is 0.329 e. The summed E-state index contributed by atoms with van der Waals surface area (Å²) >= 11 is 0. The Bertz CT molecular complexity index is 1160. The van der Waals surface area contributed by atoms with Gasteiger partial charge in [0.05, 0.1) is 0 Å². The number of nitrogens with zero attached hydrogens (tertiary/aromatic N) is 1. The third kappa shape index (κ3) is 2.30. The maximum Gasteiger partial charge on any atom is 0.329 e.